The Labute approximate surface area is 164 Å². The number of benzene rings is 2. The van der Waals surface area contributed by atoms with Crippen LogP contribution >= 0.6 is 0 Å². The van der Waals surface area contributed by atoms with E-state index in [9.17, 15) is 9.59 Å². The predicted octanol–water partition coefficient (Wildman–Crippen LogP) is 4.39. The van der Waals surface area contributed by atoms with Crippen molar-refractivity contribution in [2.45, 2.75) is 26.3 Å². The van der Waals surface area contributed by atoms with E-state index in [2.05, 4.69) is 22.5 Å². The Morgan fingerprint density at radius 1 is 0.929 bits per heavy atom. The average Bonchev–Trinajstić information content (AvgIpc) is 2.75. The molecular weight excluding hydrogens is 350 g/mol. The quantitative estimate of drug-likeness (QED) is 0.673. The Morgan fingerprint density at radius 3 is 2.21 bits per heavy atom. The van der Waals surface area contributed by atoms with E-state index in [0.29, 0.717) is 16.8 Å². The molecule has 0 aliphatic heterocycles. The lowest BCUT2D eigenvalue weighted by Gasteiger charge is -2.14. The molecule has 5 heteroatoms. The van der Waals surface area contributed by atoms with Crippen LogP contribution in [0.1, 0.15) is 51.7 Å². The summed E-state index contributed by atoms with van der Waals surface area (Å²) in [6.45, 7) is 3.99. The van der Waals surface area contributed by atoms with Crippen molar-refractivity contribution >= 4 is 17.5 Å². The van der Waals surface area contributed by atoms with Gasteiger partial charge < -0.3 is 10.6 Å². The van der Waals surface area contributed by atoms with Crippen LogP contribution in [-0.4, -0.2) is 16.8 Å². The van der Waals surface area contributed by atoms with E-state index in [-0.39, 0.29) is 17.9 Å². The average molecular weight is 373 g/mol. The molecule has 2 amide bonds. The van der Waals surface area contributed by atoms with E-state index in [1.807, 2.05) is 61.5 Å². The van der Waals surface area contributed by atoms with Crippen molar-refractivity contribution in [2.24, 2.45) is 0 Å². The molecule has 1 unspecified atom stereocenters. The third-order valence-electron chi connectivity index (χ3n) is 4.53. The Hall–Kier alpha value is -3.47. The van der Waals surface area contributed by atoms with E-state index < -0.39 is 0 Å². The van der Waals surface area contributed by atoms with Crippen molar-refractivity contribution in [1.82, 2.24) is 10.3 Å². The minimum Gasteiger partial charge on any atom is -0.345 e. The second-order valence-electron chi connectivity index (χ2n) is 6.57. The molecule has 0 saturated carbocycles. The van der Waals surface area contributed by atoms with Crippen LogP contribution in [0, 0.1) is 0 Å². The van der Waals surface area contributed by atoms with Gasteiger partial charge in [-0.25, -0.2) is 0 Å². The summed E-state index contributed by atoms with van der Waals surface area (Å²) in [5.74, 6) is -0.576. The minimum atomic E-state index is -0.303. The van der Waals surface area contributed by atoms with Crippen molar-refractivity contribution in [3.05, 3.63) is 95.3 Å². The SMILES string of the molecule is CCc1ccc(NC(=O)c2cncc(C(=O)NC(C)c3ccccc3)c2)cc1. The Bertz CT molecular complexity index is 953. The number of carbonyl (C=O) groups excluding carboxylic acids is 2. The summed E-state index contributed by atoms with van der Waals surface area (Å²) in [4.78, 5) is 29.1. The van der Waals surface area contributed by atoms with Crippen LogP contribution in [0.15, 0.2) is 73.1 Å². The fourth-order valence-corrected chi connectivity index (χ4v) is 2.82. The number of nitrogens with zero attached hydrogens (tertiary/aromatic N) is 1. The molecule has 0 aliphatic carbocycles. The minimum absolute atomic E-state index is 0.150. The summed E-state index contributed by atoms with van der Waals surface area (Å²) >= 11 is 0. The number of rotatable bonds is 6. The molecule has 2 N–H and O–H groups in total. The van der Waals surface area contributed by atoms with Crippen LogP contribution in [-0.2, 0) is 6.42 Å². The second-order valence-corrected chi connectivity index (χ2v) is 6.57. The number of anilines is 1. The van der Waals surface area contributed by atoms with E-state index in [0.717, 1.165) is 12.0 Å². The van der Waals surface area contributed by atoms with Gasteiger partial charge in [0.2, 0.25) is 0 Å². The lowest BCUT2D eigenvalue weighted by Crippen LogP contribution is -2.27. The number of carbonyl (C=O) groups is 2. The first-order chi connectivity index (χ1) is 13.6. The van der Waals surface area contributed by atoms with Crippen molar-refractivity contribution in [3.8, 4) is 0 Å². The molecule has 0 fully saturated rings. The van der Waals surface area contributed by atoms with Crippen LogP contribution < -0.4 is 10.6 Å². The van der Waals surface area contributed by atoms with E-state index in [1.165, 1.54) is 18.0 Å². The van der Waals surface area contributed by atoms with Crippen molar-refractivity contribution in [2.75, 3.05) is 5.32 Å². The molecule has 1 heterocycles. The maximum Gasteiger partial charge on any atom is 0.257 e. The van der Waals surface area contributed by atoms with Gasteiger partial charge in [0.05, 0.1) is 17.2 Å². The Morgan fingerprint density at radius 2 is 1.57 bits per heavy atom. The van der Waals surface area contributed by atoms with E-state index >= 15 is 0 Å². The molecule has 3 rings (SSSR count). The standard InChI is InChI=1S/C23H23N3O2/c1-3-17-9-11-21(12-10-17)26-23(28)20-13-19(14-24-15-20)22(27)25-16(2)18-7-5-4-6-8-18/h4-16H,3H2,1-2H3,(H,25,27)(H,26,28). The van der Waals surface area contributed by atoms with E-state index in [4.69, 9.17) is 0 Å². The fourth-order valence-electron chi connectivity index (χ4n) is 2.82. The van der Waals surface area contributed by atoms with E-state index in [1.54, 1.807) is 6.07 Å². The van der Waals surface area contributed by atoms with Crippen molar-refractivity contribution in [3.63, 3.8) is 0 Å². The number of hydrogen-bond donors (Lipinski definition) is 2. The summed E-state index contributed by atoms with van der Waals surface area (Å²) in [6, 6.07) is 18.8. The summed E-state index contributed by atoms with van der Waals surface area (Å²) in [5, 5.41) is 5.76. The van der Waals surface area contributed by atoms with Gasteiger partial charge in [0.1, 0.15) is 0 Å². The number of pyridine rings is 1. The van der Waals surface area contributed by atoms with Crippen LogP contribution in [0.3, 0.4) is 0 Å². The molecular formula is C23H23N3O2. The third kappa shape index (κ3) is 4.82. The third-order valence-corrected chi connectivity index (χ3v) is 4.53. The second kappa shape index (κ2) is 8.95. The van der Waals surface area contributed by atoms with Crippen molar-refractivity contribution in [1.29, 1.82) is 0 Å². The molecule has 1 aromatic heterocycles. The van der Waals surface area contributed by atoms with Gasteiger partial charge >= 0.3 is 0 Å². The molecule has 5 nitrogen and oxygen atoms in total. The van der Waals surface area contributed by atoms with Gasteiger partial charge in [0, 0.05) is 18.1 Å². The Balaban J connectivity index is 1.68. The number of aryl methyl sites for hydroxylation is 1. The van der Waals surface area contributed by atoms with Gasteiger partial charge in [0.25, 0.3) is 11.8 Å². The zero-order valence-corrected chi connectivity index (χ0v) is 16.0. The predicted molar refractivity (Wildman–Crippen MR) is 110 cm³/mol. The zero-order chi connectivity index (χ0) is 19.9. The van der Waals surface area contributed by atoms with Gasteiger partial charge in [-0.2, -0.15) is 0 Å². The highest BCUT2D eigenvalue weighted by Crippen LogP contribution is 2.14. The molecule has 0 spiro atoms. The Kier molecular flexibility index (Phi) is 6.17. The number of aromatic nitrogens is 1. The van der Waals surface area contributed by atoms with Gasteiger partial charge in [-0.15, -0.1) is 0 Å². The van der Waals surface area contributed by atoms with Gasteiger partial charge in [-0.1, -0.05) is 49.4 Å². The monoisotopic (exact) mass is 373 g/mol. The fraction of sp³-hybridized carbons (Fsp3) is 0.174. The van der Waals surface area contributed by atoms with Crippen LogP contribution in [0.5, 0.6) is 0 Å². The number of amides is 2. The van der Waals surface area contributed by atoms with Gasteiger partial charge in [0.15, 0.2) is 0 Å². The summed E-state index contributed by atoms with van der Waals surface area (Å²) in [7, 11) is 0. The molecule has 3 aromatic rings. The van der Waals surface area contributed by atoms with Crippen LogP contribution in [0.2, 0.25) is 0 Å². The van der Waals surface area contributed by atoms with Gasteiger partial charge in [-0.05, 0) is 42.7 Å². The highest BCUT2D eigenvalue weighted by Gasteiger charge is 2.14. The molecule has 0 saturated heterocycles. The summed E-state index contributed by atoms with van der Waals surface area (Å²) in [6.07, 6.45) is 3.85. The lowest BCUT2D eigenvalue weighted by atomic mass is 10.1. The lowest BCUT2D eigenvalue weighted by molar-refractivity contribution is 0.0939. The highest BCUT2D eigenvalue weighted by atomic mass is 16.2. The first-order valence-electron chi connectivity index (χ1n) is 9.28. The molecule has 2 aromatic carbocycles. The molecule has 142 valence electrons. The maximum atomic E-state index is 12.5. The smallest absolute Gasteiger partial charge is 0.257 e. The molecule has 0 aliphatic rings. The summed E-state index contributed by atoms with van der Waals surface area (Å²) < 4.78 is 0. The zero-order valence-electron chi connectivity index (χ0n) is 16.0. The first kappa shape index (κ1) is 19.3. The maximum absolute atomic E-state index is 12.5. The van der Waals surface area contributed by atoms with Crippen LogP contribution in [0.4, 0.5) is 5.69 Å². The normalized spacial score (nSPS) is 11.5. The molecule has 1 atom stereocenters. The number of hydrogen-bond acceptors (Lipinski definition) is 3. The molecule has 0 radical (unpaired) electrons. The van der Waals surface area contributed by atoms with Crippen LogP contribution in [0.25, 0.3) is 0 Å². The molecule has 0 bridgehead atoms. The van der Waals surface area contributed by atoms with Crippen molar-refractivity contribution < 1.29 is 9.59 Å². The number of nitrogens with one attached hydrogen (secondary N) is 2. The first-order valence-corrected chi connectivity index (χ1v) is 9.28. The summed E-state index contributed by atoms with van der Waals surface area (Å²) in [5.41, 5.74) is 3.59. The topological polar surface area (TPSA) is 71.1 Å². The molecule has 28 heavy (non-hydrogen) atoms. The largest absolute Gasteiger partial charge is 0.345 e. The highest BCUT2D eigenvalue weighted by molar-refractivity contribution is 6.05. The van der Waals surface area contributed by atoms with Gasteiger partial charge in [-0.3, -0.25) is 14.6 Å².